The van der Waals surface area contributed by atoms with E-state index < -0.39 is 0 Å². The minimum Gasteiger partial charge on any atom is -0.358 e. The maximum absolute atomic E-state index is 3.36. The zero-order valence-corrected chi connectivity index (χ0v) is 30.5. The van der Waals surface area contributed by atoms with Crippen LogP contribution in [0.3, 0.4) is 0 Å². The fraction of sp³-hybridized carbons (Fsp3) is 0.649. The van der Waals surface area contributed by atoms with Crippen LogP contribution in [0.4, 0.5) is 0 Å². The van der Waals surface area contributed by atoms with Crippen LogP contribution in [-0.4, -0.2) is 8.80 Å². The van der Waals surface area contributed by atoms with E-state index in [9.17, 15) is 0 Å². The molecule has 0 saturated heterocycles. The van der Waals surface area contributed by atoms with Crippen molar-refractivity contribution in [1.29, 1.82) is 0 Å². The number of hydrogen-bond acceptors (Lipinski definition) is 0. The maximum atomic E-state index is 3.36. The number of unbranched alkanes of at least 4 members (excludes halogenated alkanes) is 15. The zero-order chi connectivity index (χ0) is 25.7. The Labute approximate surface area is 265 Å². The molecule has 0 N–H and O–H groups in total. The second kappa shape index (κ2) is 30.6. The first-order valence-electron chi connectivity index (χ1n) is 15.1. The SMILES string of the molecule is CC1=[C-]C(C)C(C)=C1C.CCCCCCCCCCCCCCCCCC[Si](C)c1ccccc1.[CH3-].[CH3-].[CH3-].[Ti+4]. The summed E-state index contributed by atoms with van der Waals surface area (Å²) >= 11 is 0. The fourth-order valence-electron chi connectivity index (χ4n) is 4.97. The molecule has 0 bridgehead atoms. The predicted octanol–water partition coefficient (Wildman–Crippen LogP) is 12.4. The van der Waals surface area contributed by atoms with Crippen molar-refractivity contribution in [1.82, 2.24) is 0 Å². The van der Waals surface area contributed by atoms with Gasteiger partial charge in [0.1, 0.15) is 0 Å². The second-order valence-electron chi connectivity index (χ2n) is 11.0. The Morgan fingerprint density at radius 1 is 0.641 bits per heavy atom. The van der Waals surface area contributed by atoms with E-state index in [2.05, 4.69) is 77.6 Å². The van der Waals surface area contributed by atoms with Crippen molar-refractivity contribution < 1.29 is 21.7 Å². The second-order valence-corrected chi connectivity index (χ2v) is 13.6. The molecule has 1 atom stereocenters. The Kier molecular flexibility index (Phi) is 35.8. The van der Waals surface area contributed by atoms with Crippen molar-refractivity contribution in [2.24, 2.45) is 5.92 Å². The van der Waals surface area contributed by atoms with Crippen LogP contribution in [0.2, 0.25) is 12.6 Å². The molecule has 39 heavy (non-hydrogen) atoms. The zero-order valence-electron chi connectivity index (χ0n) is 28.0. The molecule has 1 aromatic carbocycles. The van der Waals surface area contributed by atoms with E-state index >= 15 is 0 Å². The summed E-state index contributed by atoms with van der Waals surface area (Å²) in [7, 11) is -0.286. The summed E-state index contributed by atoms with van der Waals surface area (Å²) in [5.41, 5.74) is 4.25. The van der Waals surface area contributed by atoms with Gasteiger partial charge in [-0.25, -0.2) is 5.57 Å². The van der Waals surface area contributed by atoms with Crippen LogP contribution in [0, 0.1) is 34.3 Å². The average molecular weight is 588 g/mol. The van der Waals surface area contributed by atoms with Crippen LogP contribution in [0.5, 0.6) is 0 Å². The molecule has 0 heterocycles. The molecular weight excluding hydrogens is 520 g/mol. The summed E-state index contributed by atoms with van der Waals surface area (Å²) in [6, 6.07) is 12.6. The van der Waals surface area contributed by atoms with Crippen LogP contribution in [0.25, 0.3) is 0 Å². The van der Waals surface area contributed by atoms with Crippen molar-refractivity contribution in [3.8, 4) is 0 Å². The number of benzene rings is 1. The van der Waals surface area contributed by atoms with Crippen molar-refractivity contribution in [3.63, 3.8) is 0 Å². The van der Waals surface area contributed by atoms with Gasteiger partial charge < -0.3 is 22.3 Å². The molecule has 1 aliphatic rings. The third-order valence-electron chi connectivity index (χ3n) is 7.91. The van der Waals surface area contributed by atoms with Crippen LogP contribution >= 0.6 is 0 Å². The molecule has 0 nitrogen and oxygen atoms in total. The van der Waals surface area contributed by atoms with E-state index in [0.717, 1.165) is 0 Å². The van der Waals surface area contributed by atoms with Gasteiger partial charge in [0.15, 0.2) is 0 Å². The largest absolute Gasteiger partial charge is 4.00 e. The van der Waals surface area contributed by atoms with Crippen molar-refractivity contribution in [3.05, 3.63) is 75.4 Å². The van der Waals surface area contributed by atoms with E-state index in [1.807, 2.05) is 0 Å². The summed E-state index contributed by atoms with van der Waals surface area (Å²) in [6.07, 6.45) is 26.7. The monoisotopic (exact) mass is 587 g/mol. The van der Waals surface area contributed by atoms with E-state index in [4.69, 9.17) is 0 Å². The van der Waals surface area contributed by atoms with Gasteiger partial charge >= 0.3 is 21.7 Å². The maximum Gasteiger partial charge on any atom is 4.00 e. The third-order valence-corrected chi connectivity index (χ3v) is 10.3. The van der Waals surface area contributed by atoms with Crippen LogP contribution in [-0.2, 0) is 21.7 Å². The molecule has 1 aliphatic carbocycles. The predicted molar refractivity (Wildman–Crippen MR) is 181 cm³/mol. The van der Waals surface area contributed by atoms with Crippen molar-refractivity contribution in [2.75, 3.05) is 0 Å². The molecule has 1 radical (unpaired) electrons. The molecule has 223 valence electrons. The third kappa shape index (κ3) is 22.9. The van der Waals surface area contributed by atoms with Crippen molar-refractivity contribution >= 4 is 14.0 Å². The summed E-state index contributed by atoms with van der Waals surface area (Å²) in [5.74, 6) is 0.560. The first-order chi connectivity index (χ1) is 17.0. The Balaban J connectivity index is -0.000000402. The molecule has 1 unspecified atom stereocenters. The molecule has 2 heteroatoms. The number of allylic oxidation sites excluding steroid dienone is 4. The molecule has 0 spiro atoms. The molecule has 0 fully saturated rings. The number of hydrogen-bond donors (Lipinski definition) is 0. The summed E-state index contributed by atoms with van der Waals surface area (Å²) in [5, 5.41) is 1.61. The minimum absolute atomic E-state index is 0. The Bertz CT molecular complexity index is 691. The topological polar surface area (TPSA) is 0 Å². The van der Waals surface area contributed by atoms with Gasteiger partial charge in [0.2, 0.25) is 0 Å². The Morgan fingerprint density at radius 2 is 1.03 bits per heavy atom. The number of rotatable bonds is 18. The van der Waals surface area contributed by atoms with Gasteiger partial charge in [-0.1, -0.05) is 184 Å². The van der Waals surface area contributed by atoms with Gasteiger partial charge in [-0.2, -0.15) is 11.1 Å². The normalized spacial score (nSPS) is 13.8. The molecule has 1 aromatic rings. The summed E-state index contributed by atoms with van der Waals surface area (Å²) in [4.78, 5) is 0. The van der Waals surface area contributed by atoms with Gasteiger partial charge in [-0.3, -0.25) is 6.08 Å². The quantitative estimate of drug-likeness (QED) is 0.0910. The molecule has 0 amide bonds. The van der Waals surface area contributed by atoms with Gasteiger partial charge in [-0.15, -0.1) is 6.92 Å². The molecule has 0 aliphatic heterocycles. The first kappa shape index (κ1) is 45.6. The summed E-state index contributed by atoms with van der Waals surface area (Å²) in [6.45, 7) is 13.4. The molecule has 0 saturated carbocycles. The molecule has 0 aromatic heterocycles. The van der Waals surface area contributed by atoms with Crippen LogP contribution in [0.1, 0.15) is 137 Å². The van der Waals surface area contributed by atoms with E-state index in [1.54, 1.807) is 5.19 Å². The van der Waals surface area contributed by atoms with Crippen molar-refractivity contribution in [2.45, 2.75) is 150 Å². The van der Waals surface area contributed by atoms with Crippen LogP contribution < -0.4 is 5.19 Å². The van der Waals surface area contributed by atoms with Crippen LogP contribution in [0.15, 0.2) is 47.1 Å². The molecular formula is C37H67SiTi. The van der Waals surface area contributed by atoms with E-state index in [-0.39, 0.29) is 52.8 Å². The molecule has 2 rings (SSSR count). The Hall–Kier alpha value is -0.369. The summed E-state index contributed by atoms with van der Waals surface area (Å²) < 4.78 is 0. The fourth-order valence-corrected chi connectivity index (χ4v) is 6.80. The van der Waals surface area contributed by atoms with E-state index in [1.165, 1.54) is 125 Å². The Morgan fingerprint density at radius 3 is 1.33 bits per heavy atom. The van der Waals surface area contributed by atoms with Gasteiger partial charge in [0.05, 0.1) is 8.80 Å². The van der Waals surface area contributed by atoms with Gasteiger partial charge in [0, 0.05) is 0 Å². The average Bonchev–Trinajstić information content (AvgIpc) is 3.09. The first-order valence-corrected chi connectivity index (χ1v) is 17.3. The minimum atomic E-state index is -0.286. The van der Waals surface area contributed by atoms with Gasteiger partial charge in [0.25, 0.3) is 0 Å². The van der Waals surface area contributed by atoms with E-state index in [0.29, 0.717) is 5.92 Å². The smallest absolute Gasteiger partial charge is 0.358 e. The standard InChI is InChI=1S/C25H45Si.C9H13.3CH3.Ti/c1-3-4-5-6-7-8-9-10-11-12-13-14-15-16-17-21-24-26(2)25-22-19-18-20-23-25;1-6-5-7(2)9(4)8(6)3;;;;/h18-20,22-23H,3-17,21,24H2,1-2H3;6H,1-4H3;3*1H3;/q;4*-1;+4. The van der Waals surface area contributed by atoms with Gasteiger partial charge in [-0.05, 0) is 0 Å².